The molecule has 1 N–H and O–H groups in total. The van der Waals surface area contributed by atoms with Crippen LogP contribution >= 0.6 is 11.6 Å². The SMILES string of the molecule is CC(C(=O)Nc1ccc(CN2CCCCC2)cc1)n1cc(Cl)cn1. The van der Waals surface area contributed by atoms with Gasteiger partial charge >= 0.3 is 0 Å². The van der Waals surface area contributed by atoms with Crippen LogP contribution in [-0.4, -0.2) is 33.7 Å². The molecule has 24 heavy (non-hydrogen) atoms. The van der Waals surface area contributed by atoms with E-state index in [9.17, 15) is 4.79 Å². The number of nitrogens with one attached hydrogen (secondary N) is 1. The third-order valence-corrected chi connectivity index (χ3v) is 4.62. The lowest BCUT2D eigenvalue weighted by Crippen LogP contribution is -2.29. The highest BCUT2D eigenvalue weighted by molar-refractivity contribution is 6.30. The van der Waals surface area contributed by atoms with Gasteiger partial charge < -0.3 is 5.32 Å². The van der Waals surface area contributed by atoms with Crippen LogP contribution in [0.15, 0.2) is 36.7 Å². The Morgan fingerprint density at radius 1 is 1.25 bits per heavy atom. The standard InChI is InChI=1S/C18H23ClN4O/c1-14(23-13-16(19)11-20-23)18(24)21-17-7-5-15(6-8-17)12-22-9-3-2-4-10-22/h5-8,11,13-14H,2-4,9-10,12H2,1H3,(H,21,24). The van der Waals surface area contributed by atoms with Crippen LogP contribution < -0.4 is 5.32 Å². The van der Waals surface area contributed by atoms with E-state index in [2.05, 4.69) is 27.4 Å². The molecule has 1 saturated heterocycles. The minimum absolute atomic E-state index is 0.112. The van der Waals surface area contributed by atoms with E-state index < -0.39 is 6.04 Å². The summed E-state index contributed by atoms with van der Waals surface area (Å²) in [4.78, 5) is 14.8. The second-order valence-electron chi connectivity index (χ2n) is 6.34. The average Bonchev–Trinajstić information content (AvgIpc) is 3.03. The maximum atomic E-state index is 12.3. The van der Waals surface area contributed by atoms with Crippen molar-refractivity contribution in [3.8, 4) is 0 Å². The van der Waals surface area contributed by atoms with E-state index in [1.807, 2.05) is 12.1 Å². The minimum atomic E-state index is -0.412. The topological polar surface area (TPSA) is 50.2 Å². The van der Waals surface area contributed by atoms with Gasteiger partial charge in [0.1, 0.15) is 6.04 Å². The summed E-state index contributed by atoms with van der Waals surface area (Å²) in [6.45, 7) is 5.14. The van der Waals surface area contributed by atoms with Gasteiger partial charge in [-0.15, -0.1) is 0 Å². The Balaban J connectivity index is 1.56. The molecule has 1 atom stereocenters. The first-order valence-corrected chi connectivity index (χ1v) is 8.81. The zero-order valence-electron chi connectivity index (χ0n) is 13.9. The molecule has 0 aliphatic carbocycles. The fourth-order valence-corrected chi connectivity index (χ4v) is 3.11. The van der Waals surface area contributed by atoms with Gasteiger partial charge in [0.25, 0.3) is 0 Å². The molecule has 2 heterocycles. The van der Waals surface area contributed by atoms with Gasteiger partial charge in [-0.1, -0.05) is 30.2 Å². The van der Waals surface area contributed by atoms with Crippen molar-refractivity contribution in [2.75, 3.05) is 18.4 Å². The number of anilines is 1. The largest absolute Gasteiger partial charge is 0.324 e. The highest BCUT2D eigenvalue weighted by atomic mass is 35.5. The van der Waals surface area contributed by atoms with Crippen LogP contribution in [0.3, 0.4) is 0 Å². The van der Waals surface area contributed by atoms with Crippen LogP contribution in [0, 0.1) is 0 Å². The number of benzene rings is 1. The number of piperidine rings is 1. The maximum Gasteiger partial charge on any atom is 0.248 e. The van der Waals surface area contributed by atoms with Gasteiger partial charge in [0.15, 0.2) is 0 Å². The molecule has 3 rings (SSSR count). The van der Waals surface area contributed by atoms with E-state index in [-0.39, 0.29) is 5.91 Å². The molecule has 128 valence electrons. The van der Waals surface area contributed by atoms with Crippen molar-refractivity contribution < 1.29 is 4.79 Å². The van der Waals surface area contributed by atoms with Gasteiger partial charge in [-0.3, -0.25) is 14.4 Å². The lowest BCUT2D eigenvalue weighted by atomic mass is 10.1. The summed E-state index contributed by atoms with van der Waals surface area (Å²) in [5, 5.41) is 7.52. The van der Waals surface area contributed by atoms with Crippen LogP contribution in [0.4, 0.5) is 5.69 Å². The first kappa shape index (κ1) is 17.0. The number of amides is 1. The molecule has 1 aliphatic heterocycles. The van der Waals surface area contributed by atoms with Crippen molar-refractivity contribution in [2.24, 2.45) is 0 Å². The van der Waals surface area contributed by atoms with Gasteiger partial charge in [-0.25, -0.2) is 0 Å². The molecule has 2 aromatic rings. The zero-order chi connectivity index (χ0) is 16.9. The van der Waals surface area contributed by atoms with Crippen molar-refractivity contribution in [3.63, 3.8) is 0 Å². The molecular weight excluding hydrogens is 324 g/mol. The van der Waals surface area contributed by atoms with Gasteiger partial charge in [-0.05, 0) is 50.6 Å². The van der Waals surface area contributed by atoms with Gasteiger partial charge in [-0.2, -0.15) is 5.10 Å². The summed E-state index contributed by atoms with van der Waals surface area (Å²) in [7, 11) is 0. The monoisotopic (exact) mass is 346 g/mol. The number of hydrogen-bond donors (Lipinski definition) is 1. The Morgan fingerprint density at radius 2 is 1.96 bits per heavy atom. The number of carbonyl (C=O) groups excluding carboxylic acids is 1. The number of halogens is 1. The van der Waals surface area contributed by atoms with Crippen molar-refractivity contribution >= 4 is 23.2 Å². The van der Waals surface area contributed by atoms with E-state index in [1.54, 1.807) is 17.8 Å². The molecule has 1 aliphatic rings. The van der Waals surface area contributed by atoms with Crippen LogP contribution in [0.1, 0.15) is 37.8 Å². The van der Waals surface area contributed by atoms with Crippen LogP contribution in [0.5, 0.6) is 0 Å². The molecule has 0 radical (unpaired) electrons. The molecule has 1 aromatic heterocycles. The third-order valence-electron chi connectivity index (χ3n) is 4.42. The molecule has 6 heteroatoms. The number of hydrogen-bond acceptors (Lipinski definition) is 3. The first-order valence-electron chi connectivity index (χ1n) is 8.43. The van der Waals surface area contributed by atoms with E-state index in [0.717, 1.165) is 12.2 Å². The molecule has 0 saturated carbocycles. The lowest BCUT2D eigenvalue weighted by molar-refractivity contribution is -0.119. The smallest absolute Gasteiger partial charge is 0.248 e. The summed E-state index contributed by atoms with van der Waals surface area (Å²) < 4.78 is 1.56. The zero-order valence-corrected chi connectivity index (χ0v) is 14.7. The Kier molecular flexibility index (Phi) is 5.53. The summed E-state index contributed by atoms with van der Waals surface area (Å²) in [5.74, 6) is -0.112. The minimum Gasteiger partial charge on any atom is -0.324 e. The fraction of sp³-hybridized carbons (Fsp3) is 0.444. The van der Waals surface area contributed by atoms with Crippen molar-refractivity contribution in [1.29, 1.82) is 0 Å². The van der Waals surface area contributed by atoms with Gasteiger partial charge in [0.2, 0.25) is 5.91 Å². The Labute approximate surface area is 147 Å². The fourth-order valence-electron chi connectivity index (χ4n) is 2.96. The highest BCUT2D eigenvalue weighted by Gasteiger charge is 2.16. The summed E-state index contributed by atoms with van der Waals surface area (Å²) in [6, 6.07) is 7.67. The van der Waals surface area contributed by atoms with Gasteiger partial charge in [0, 0.05) is 18.4 Å². The predicted octanol–water partition coefficient (Wildman–Crippen LogP) is 3.72. The summed E-state index contributed by atoms with van der Waals surface area (Å²) in [6.07, 6.45) is 7.11. The Morgan fingerprint density at radius 3 is 2.58 bits per heavy atom. The number of likely N-dealkylation sites (tertiary alicyclic amines) is 1. The summed E-state index contributed by atoms with van der Waals surface area (Å²) in [5.41, 5.74) is 2.08. The Hall–Kier alpha value is -1.85. The summed E-state index contributed by atoms with van der Waals surface area (Å²) >= 11 is 5.85. The molecule has 1 unspecified atom stereocenters. The molecule has 1 fully saturated rings. The van der Waals surface area contributed by atoms with E-state index >= 15 is 0 Å². The normalized spacial score (nSPS) is 16.8. The number of rotatable bonds is 5. The maximum absolute atomic E-state index is 12.3. The van der Waals surface area contributed by atoms with E-state index in [0.29, 0.717) is 5.02 Å². The Bertz CT molecular complexity index is 677. The number of nitrogens with zero attached hydrogens (tertiary/aromatic N) is 3. The molecule has 0 bridgehead atoms. The van der Waals surface area contributed by atoms with Crippen molar-refractivity contribution in [1.82, 2.24) is 14.7 Å². The quantitative estimate of drug-likeness (QED) is 0.897. The van der Waals surface area contributed by atoms with Crippen LogP contribution in [-0.2, 0) is 11.3 Å². The lowest BCUT2D eigenvalue weighted by Gasteiger charge is -2.26. The molecule has 5 nitrogen and oxygen atoms in total. The predicted molar refractivity (Wildman–Crippen MR) is 96.1 cm³/mol. The molecule has 1 aromatic carbocycles. The number of carbonyl (C=O) groups is 1. The first-order chi connectivity index (χ1) is 11.6. The number of aromatic nitrogens is 2. The molecule has 1 amide bonds. The second-order valence-corrected chi connectivity index (χ2v) is 6.77. The van der Waals surface area contributed by atoms with Crippen LogP contribution in [0.25, 0.3) is 0 Å². The third kappa shape index (κ3) is 4.36. The highest BCUT2D eigenvalue weighted by Crippen LogP contribution is 2.17. The van der Waals surface area contributed by atoms with E-state index in [1.165, 1.54) is 44.1 Å². The van der Waals surface area contributed by atoms with Crippen molar-refractivity contribution in [3.05, 3.63) is 47.2 Å². The van der Waals surface area contributed by atoms with Gasteiger partial charge in [0.05, 0.1) is 11.2 Å². The van der Waals surface area contributed by atoms with E-state index in [4.69, 9.17) is 11.6 Å². The van der Waals surface area contributed by atoms with Crippen LogP contribution in [0.2, 0.25) is 5.02 Å². The average molecular weight is 347 g/mol. The molecule has 0 spiro atoms. The molecular formula is C18H23ClN4O. The second kappa shape index (κ2) is 7.81. The van der Waals surface area contributed by atoms with Crippen molar-refractivity contribution in [2.45, 2.75) is 38.8 Å².